The maximum atomic E-state index is 13.2. The molecule has 0 radical (unpaired) electrons. The Hall–Kier alpha value is -1.47. The third-order valence-electron chi connectivity index (χ3n) is 1.89. The van der Waals surface area contributed by atoms with E-state index in [9.17, 15) is 8.78 Å². The standard InChI is InChI=1S/C9H13F2N3O2/c1-16-4-5(3-15)13-9-7(11)2-6(10)8(12)14-9/h2,5,15H,3-4H2,1H3,(H3,12,13,14). The third-order valence-corrected chi connectivity index (χ3v) is 1.89. The summed E-state index contributed by atoms with van der Waals surface area (Å²) in [5.41, 5.74) is 5.19. The first-order valence-corrected chi connectivity index (χ1v) is 4.56. The van der Waals surface area contributed by atoms with Gasteiger partial charge in [0.25, 0.3) is 0 Å². The van der Waals surface area contributed by atoms with Gasteiger partial charge in [0.1, 0.15) is 0 Å². The van der Waals surface area contributed by atoms with E-state index < -0.39 is 23.5 Å². The Balaban J connectivity index is 2.83. The summed E-state index contributed by atoms with van der Waals surface area (Å²) in [6.45, 7) is -0.110. The zero-order chi connectivity index (χ0) is 12.1. The van der Waals surface area contributed by atoms with Crippen molar-refractivity contribution < 1.29 is 18.6 Å². The van der Waals surface area contributed by atoms with Crippen LogP contribution in [0, 0.1) is 11.6 Å². The van der Waals surface area contributed by atoms with Crippen LogP contribution in [-0.4, -0.2) is 36.5 Å². The Morgan fingerprint density at radius 1 is 1.56 bits per heavy atom. The largest absolute Gasteiger partial charge is 0.394 e. The number of hydrogen-bond donors (Lipinski definition) is 3. The molecule has 1 aromatic rings. The van der Waals surface area contributed by atoms with Gasteiger partial charge in [0, 0.05) is 13.2 Å². The van der Waals surface area contributed by atoms with Crippen LogP contribution < -0.4 is 11.1 Å². The van der Waals surface area contributed by atoms with Crippen molar-refractivity contribution in [3.8, 4) is 0 Å². The van der Waals surface area contributed by atoms with Gasteiger partial charge in [-0.3, -0.25) is 0 Å². The number of nitrogens with one attached hydrogen (secondary N) is 1. The molecule has 0 aromatic carbocycles. The molecule has 0 spiro atoms. The van der Waals surface area contributed by atoms with Gasteiger partial charge in [-0.1, -0.05) is 0 Å². The van der Waals surface area contributed by atoms with Crippen LogP contribution in [0.4, 0.5) is 20.4 Å². The molecule has 16 heavy (non-hydrogen) atoms. The Bertz CT molecular complexity index is 363. The van der Waals surface area contributed by atoms with Crippen molar-refractivity contribution in [2.75, 3.05) is 31.4 Å². The van der Waals surface area contributed by atoms with Gasteiger partial charge in [-0.25, -0.2) is 13.8 Å². The number of nitrogen functional groups attached to an aromatic ring is 1. The summed E-state index contributed by atoms with van der Waals surface area (Å²) in [6.07, 6.45) is 0. The van der Waals surface area contributed by atoms with Crippen molar-refractivity contribution in [2.45, 2.75) is 6.04 Å². The van der Waals surface area contributed by atoms with E-state index in [0.29, 0.717) is 6.07 Å². The fourth-order valence-electron chi connectivity index (χ4n) is 1.12. The van der Waals surface area contributed by atoms with Gasteiger partial charge in [-0.15, -0.1) is 0 Å². The lowest BCUT2D eigenvalue weighted by molar-refractivity contribution is 0.153. The number of aliphatic hydroxyl groups is 1. The van der Waals surface area contributed by atoms with Gasteiger partial charge in [0.05, 0.1) is 19.3 Å². The second-order valence-corrected chi connectivity index (χ2v) is 3.17. The van der Waals surface area contributed by atoms with Crippen molar-refractivity contribution in [1.29, 1.82) is 0 Å². The first kappa shape index (κ1) is 12.6. The second-order valence-electron chi connectivity index (χ2n) is 3.17. The SMILES string of the molecule is COCC(CO)Nc1nc(N)c(F)cc1F. The number of ether oxygens (including phenoxy) is 1. The summed E-state index contributed by atoms with van der Waals surface area (Å²) in [4.78, 5) is 3.49. The number of nitrogens with zero attached hydrogens (tertiary/aromatic N) is 1. The smallest absolute Gasteiger partial charge is 0.168 e. The average molecular weight is 233 g/mol. The van der Waals surface area contributed by atoms with Crippen molar-refractivity contribution in [3.63, 3.8) is 0 Å². The molecule has 7 heteroatoms. The van der Waals surface area contributed by atoms with Crippen LogP contribution in [0.5, 0.6) is 0 Å². The maximum Gasteiger partial charge on any atom is 0.168 e. The molecule has 0 aliphatic rings. The predicted molar refractivity (Wildman–Crippen MR) is 54.9 cm³/mol. The predicted octanol–water partition coefficient (Wildman–Crippen LogP) is 0.361. The maximum absolute atomic E-state index is 13.2. The van der Waals surface area contributed by atoms with Gasteiger partial charge in [-0.05, 0) is 0 Å². The van der Waals surface area contributed by atoms with Crippen LogP contribution in [0.25, 0.3) is 0 Å². The fourth-order valence-corrected chi connectivity index (χ4v) is 1.12. The highest BCUT2D eigenvalue weighted by Crippen LogP contribution is 2.17. The molecule has 1 rings (SSSR count). The van der Waals surface area contributed by atoms with E-state index in [2.05, 4.69) is 10.3 Å². The molecule has 0 amide bonds. The number of nitrogens with two attached hydrogens (primary N) is 1. The van der Waals surface area contributed by atoms with Gasteiger partial charge in [0.2, 0.25) is 0 Å². The molecule has 4 N–H and O–H groups in total. The molecule has 1 atom stereocenters. The lowest BCUT2D eigenvalue weighted by atomic mass is 10.3. The third kappa shape index (κ3) is 3.01. The molecular weight excluding hydrogens is 220 g/mol. The van der Waals surface area contributed by atoms with Gasteiger partial charge in [-0.2, -0.15) is 0 Å². The summed E-state index contributed by atoms with van der Waals surface area (Å²) in [6, 6.07) is 0.100. The molecule has 90 valence electrons. The molecule has 0 saturated carbocycles. The molecule has 0 saturated heterocycles. The van der Waals surface area contributed by atoms with Crippen LogP contribution in [0.15, 0.2) is 6.07 Å². The van der Waals surface area contributed by atoms with Crippen molar-refractivity contribution in [3.05, 3.63) is 17.7 Å². The van der Waals surface area contributed by atoms with E-state index in [0.717, 1.165) is 0 Å². The molecule has 0 fully saturated rings. The second kappa shape index (κ2) is 5.57. The average Bonchev–Trinajstić information content (AvgIpc) is 2.25. The van der Waals surface area contributed by atoms with Crippen LogP contribution in [0.1, 0.15) is 0 Å². The molecule has 0 aliphatic carbocycles. The minimum absolute atomic E-state index is 0.162. The van der Waals surface area contributed by atoms with E-state index in [1.807, 2.05) is 0 Å². The number of rotatable bonds is 5. The number of anilines is 2. The molecule has 1 heterocycles. The summed E-state index contributed by atoms with van der Waals surface area (Å²) >= 11 is 0. The van der Waals surface area contributed by atoms with E-state index >= 15 is 0 Å². The lowest BCUT2D eigenvalue weighted by Gasteiger charge is -2.16. The van der Waals surface area contributed by atoms with Gasteiger partial charge in [0.15, 0.2) is 23.3 Å². The molecule has 5 nitrogen and oxygen atoms in total. The topological polar surface area (TPSA) is 80.4 Å². The van der Waals surface area contributed by atoms with Gasteiger partial charge < -0.3 is 20.9 Å². The van der Waals surface area contributed by atoms with E-state index in [1.54, 1.807) is 0 Å². The monoisotopic (exact) mass is 233 g/mol. The van der Waals surface area contributed by atoms with Crippen LogP contribution in [-0.2, 0) is 4.74 Å². The molecule has 0 bridgehead atoms. The Morgan fingerprint density at radius 3 is 2.81 bits per heavy atom. The first-order chi connectivity index (χ1) is 7.58. The lowest BCUT2D eigenvalue weighted by Crippen LogP contribution is -2.29. The number of aliphatic hydroxyl groups excluding tert-OH is 1. The number of pyridine rings is 1. The summed E-state index contributed by atoms with van der Waals surface area (Å²) in [7, 11) is 1.44. The normalized spacial score (nSPS) is 12.5. The molecule has 1 aromatic heterocycles. The van der Waals surface area contributed by atoms with Crippen molar-refractivity contribution in [2.24, 2.45) is 0 Å². The van der Waals surface area contributed by atoms with E-state index in [-0.39, 0.29) is 19.0 Å². The first-order valence-electron chi connectivity index (χ1n) is 4.56. The highest BCUT2D eigenvalue weighted by molar-refractivity contribution is 5.45. The van der Waals surface area contributed by atoms with E-state index in [4.69, 9.17) is 15.6 Å². The summed E-state index contributed by atoms with van der Waals surface area (Å²) in [5.74, 6) is -2.41. The molecule has 0 aliphatic heterocycles. The number of hydrogen-bond acceptors (Lipinski definition) is 5. The molecular formula is C9H13F2N3O2. The molecule has 1 unspecified atom stereocenters. The van der Waals surface area contributed by atoms with Crippen LogP contribution >= 0.6 is 0 Å². The zero-order valence-corrected chi connectivity index (χ0v) is 8.70. The quantitative estimate of drug-likeness (QED) is 0.684. The Morgan fingerprint density at radius 2 is 2.25 bits per heavy atom. The van der Waals surface area contributed by atoms with Crippen molar-refractivity contribution in [1.82, 2.24) is 4.98 Å². The Labute approximate surface area is 91.2 Å². The minimum atomic E-state index is -0.921. The minimum Gasteiger partial charge on any atom is -0.394 e. The van der Waals surface area contributed by atoms with Crippen LogP contribution in [0.2, 0.25) is 0 Å². The highest BCUT2D eigenvalue weighted by Gasteiger charge is 2.13. The van der Waals surface area contributed by atoms with E-state index in [1.165, 1.54) is 7.11 Å². The number of methoxy groups -OCH3 is 1. The van der Waals surface area contributed by atoms with Crippen molar-refractivity contribution >= 4 is 11.6 Å². The fraction of sp³-hybridized carbons (Fsp3) is 0.444. The number of aromatic nitrogens is 1. The zero-order valence-electron chi connectivity index (χ0n) is 8.70. The summed E-state index contributed by atoms with van der Waals surface area (Å²) in [5, 5.41) is 11.5. The summed E-state index contributed by atoms with van der Waals surface area (Å²) < 4.78 is 30.8. The highest BCUT2D eigenvalue weighted by atomic mass is 19.1. The van der Waals surface area contributed by atoms with Gasteiger partial charge >= 0.3 is 0 Å². The van der Waals surface area contributed by atoms with Crippen LogP contribution in [0.3, 0.4) is 0 Å². The Kier molecular flexibility index (Phi) is 4.39. The number of halogens is 2.